The highest BCUT2D eigenvalue weighted by Crippen LogP contribution is 2.68. The largest absolute Gasteiger partial charge is 0.461 e. The molecule has 0 radical (unpaired) electrons. The third kappa shape index (κ3) is 5.23. The monoisotopic (exact) mass is 570 g/mol. The van der Waals surface area contributed by atoms with E-state index in [4.69, 9.17) is 4.74 Å². The second-order valence-corrected chi connectivity index (χ2v) is 12.5. The number of thioether (sulfide) groups is 1. The van der Waals surface area contributed by atoms with Crippen LogP contribution in [0.5, 0.6) is 0 Å². The van der Waals surface area contributed by atoms with Gasteiger partial charge >= 0.3 is 5.97 Å². The third-order valence-electron chi connectivity index (χ3n) is 7.54. The molecule has 7 nitrogen and oxygen atoms in total. The molecule has 0 aromatic rings. The van der Waals surface area contributed by atoms with Crippen molar-refractivity contribution >= 4 is 45.5 Å². The van der Waals surface area contributed by atoms with Crippen LogP contribution in [0, 0.1) is 11.8 Å². The molecule has 0 aromatic heterocycles. The molecule has 1 N–H and O–H groups in total. The number of ether oxygens (including phenoxy) is 1. The average molecular weight is 572 g/mol. The van der Waals surface area contributed by atoms with E-state index in [0.717, 1.165) is 19.3 Å². The van der Waals surface area contributed by atoms with Crippen molar-refractivity contribution in [1.29, 1.82) is 0 Å². The molecule has 1 spiro atoms. The van der Waals surface area contributed by atoms with Crippen molar-refractivity contribution in [2.45, 2.75) is 79.3 Å². The van der Waals surface area contributed by atoms with E-state index in [2.05, 4.69) is 36.0 Å². The average Bonchev–Trinajstić information content (AvgIpc) is 3.42. The van der Waals surface area contributed by atoms with Gasteiger partial charge in [-0.05, 0) is 39.0 Å². The van der Waals surface area contributed by atoms with Crippen LogP contribution in [0.1, 0.15) is 52.4 Å². The van der Waals surface area contributed by atoms with Gasteiger partial charge in [0.2, 0.25) is 11.8 Å². The molecule has 35 heavy (non-hydrogen) atoms. The molecule has 4 unspecified atom stereocenters. The first-order valence-electron chi connectivity index (χ1n) is 12.7. The zero-order chi connectivity index (χ0) is 25.8. The summed E-state index contributed by atoms with van der Waals surface area (Å²) in [6.07, 6.45) is 7.84. The predicted molar refractivity (Wildman–Crippen MR) is 142 cm³/mol. The Bertz CT molecular complexity index is 826. The van der Waals surface area contributed by atoms with Gasteiger partial charge < -0.3 is 19.6 Å². The van der Waals surface area contributed by atoms with Crippen molar-refractivity contribution in [1.82, 2.24) is 9.80 Å². The molecule has 2 bridgehead atoms. The second kappa shape index (κ2) is 12.3. The Morgan fingerprint density at radius 1 is 1.34 bits per heavy atom. The van der Waals surface area contributed by atoms with Crippen molar-refractivity contribution in [3.63, 3.8) is 0 Å². The number of aliphatic hydroxyl groups is 1. The van der Waals surface area contributed by atoms with Crippen LogP contribution in [0.2, 0.25) is 0 Å². The quantitative estimate of drug-likeness (QED) is 0.149. The van der Waals surface area contributed by atoms with E-state index in [9.17, 15) is 19.5 Å². The maximum Gasteiger partial charge on any atom is 0.311 e. The molecule has 2 amide bonds. The van der Waals surface area contributed by atoms with Crippen LogP contribution in [0.25, 0.3) is 0 Å². The number of nitrogens with zero attached hydrogens (tertiary/aromatic N) is 2. The van der Waals surface area contributed by atoms with Gasteiger partial charge in [0.15, 0.2) is 0 Å². The Kier molecular flexibility index (Phi) is 9.91. The Morgan fingerprint density at radius 2 is 2.09 bits per heavy atom. The van der Waals surface area contributed by atoms with Gasteiger partial charge in [0.25, 0.3) is 0 Å². The highest BCUT2D eigenvalue weighted by atomic mass is 79.9. The summed E-state index contributed by atoms with van der Waals surface area (Å²) in [6.45, 7) is 12.7. The minimum Gasteiger partial charge on any atom is -0.461 e. The molecule has 3 saturated heterocycles. The van der Waals surface area contributed by atoms with Crippen LogP contribution in [0.15, 0.2) is 25.3 Å². The number of aliphatic hydroxyl groups excluding tert-OH is 1. The van der Waals surface area contributed by atoms with Crippen molar-refractivity contribution in [2.24, 2.45) is 11.8 Å². The molecule has 7 atom stereocenters. The van der Waals surface area contributed by atoms with Gasteiger partial charge in [0, 0.05) is 35.8 Å². The summed E-state index contributed by atoms with van der Waals surface area (Å²) >= 11 is 5.39. The lowest BCUT2D eigenvalue weighted by atomic mass is 9.71. The number of hydrogen-bond donors (Lipinski definition) is 1. The van der Waals surface area contributed by atoms with E-state index in [1.165, 1.54) is 6.08 Å². The number of carbonyl (C=O) groups is 3. The molecule has 196 valence electrons. The van der Waals surface area contributed by atoms with E-state index in [1.807, 2.05) is 11.8 Å². The highest BCUT2D eigenvalue weighted by molar-refractivity contribution is 9.09. The second-order valence-electron chi connectivity index (χ2n) is 9.82. The lowest BCUT2D eigenvalue weighted by Gasteiger charge is -2.39. The molecule has 3 aliphatic heterocycles. The molecule has 3 rings (SSSR count). The van der Waals surface area contributed by atoms with Crippen molar-refractivity contribution in [3.8, 4) is 0 Å². The number of alkyl halides is 1. The maximum atomic E-state index is 14.3. The molecule has 3 aliphatic rings. The topological polar surface area (TPSA) is 87.1 Å². The van der Waals surface area contributed by atoms with Gasteiger partial charge in [0.05, 0.1) is 16.6 Å². The van der Waals surface area contributed by atoms with Crippen LogP contribution in [0.3, 0.4) is 0 Å². The van der Waals surface area contributed by atoms with Crippen LogP contribution >= 0.6 is 27.7 Å². The van der Waals surface area contributed by atoms with Gasteiger partial charge in [-0.2, -0.15) is 0 Å². The Morgan fingerprint density at radius 3 is 2.71 bits per heavy atom. The summed E-state index contributed by atoms with van der Waals surface area (Å²) in [7, 11) is 0. The predicted octanol–water partition coefficient (Wildman–Crippen LogP) is 3.55. The number of esters is 1. The number of hydrogen-bond acceptors (Lipinski definition) is 6. The number of fused-ring (bicyclic) bond motifs is 1. The fourth-order valence-corrected chi connectivity index (χ4v) is 9.68. The maximum absolute atomic E-state index is 14.3. The molecular weight excluding hydrogens is 532 g/mol. The number of amides is 2. The lowest BCUT2D eigenvalue weighted by molar-refractivity contribution is -0.153. The fraction of sp³-hybridized carbons (Fsp3) is 0.731. The van der Waals surface area contributed by atoms with E-state index < -0.39 is 22.6 Å². The summed E-state index contributed by atoms with van der Waals surface area (Å²) in [5.41, 5.74) is 0. The van der Waals surface area contributed by atoms with Crippen LogP contribution in [-0.4, -0.2) is 85.9 Å². The van der Waals surface area contributed by atoms with Crippen molar-refractivity contribution in [2.75, 3.05) is 26.3 Å². The van der Waals surface area contributed by atoms with Crippen LogP contribution < -0.4 is 0 Å². The van der Waals surface area contributed by atoms with E-state index in [1.54, 1.807) is 22.7 Å². The smallest absolute Gasteiger partial charge is 0.311 e. The molecule has 3 fully saturated rings. The van der Waals surface area contributed by atoms with Gasteiger partial charge in [-0.1, -0.05) is 48.0 Å². The van der Waals surface area contributed by atoms with Gasteiger partial charge in [0.1, 0.15) is 12.6 Å². The zero-order valence-electron chi connectivity index (χ0n) is 20.9. The normalized spacial score (nSPS) is 31.8. The Balaban J connectivity index is 2.00. The van der Waals surface area contributed by atoms with Gasteiger partial charge in [-0.3, -0.25) is 14.4 Å². The number of carbonyl (C=O) groups excluding carboxylic acids is 3. The SMILES string of the molecule is C=CCOC(=O)[C@H]1[C@H]2C(=O)N(CCCCCO)C(C(=O)N(CC=C)C(C)CCC)C23CC(Br)[C@@H]1S3. The first-order valence-corrected chi connectivity index (χ1v) is 14.5. The summed E-state index contributed by atoms with van der Waals surface area (Å²) in [5, 5.41) is 9.07. The molecular formula is C26H39BrN2O5S. The summed E-state index contributed by atoms with van der Waals surface area (Å²) in [4.78, 5) is 44.9. The minimum absolute atomic E-state index is 0.0170. The van der Waals surface area contributed by atoms with Gasteiger partial charge in [-0.25, -0.2) is 0 Å². The van der Waals surface area contributed by atoms with E-state index in [0.29, 0.717) is 32.4 Å². The van der Waals surface area contributed by atoms with Crippen LogP contribution in [-0.2, 0) is 19.1 Å². The summed E-state index contributed by atoms with van der Waals surface area (Å²) < 4.78 is 4.76. The Hall–Kier alpha value is -1.32. The number of unbranched alkanes of at least 4 members (excludes halogenated alkanes) is 2. The minimum atomic E-state index is -0.673. The van der Waals surface area contributed by atoms with Gasteiger partial charge in [-0.15, -0.1) is 18.3 Å². The molecule has 3 heterocycles. The summed E-state index contributed by atoms with van der Waals surface area (Å²) in [6, 6.07) is -0.621. The molecule has 0 aromatic carbocycles. The molecule has 0 saturated carbocycles. The first-order chi connectivity index (χ1) is 16.8. The number of rotatable bonds is 14. The third-order valence-corrected chi connectivity index (χ3v) is 10.8. The zero-order valence-corrected chi connectivity index (χ0v) is 23.3. The number of halogens is 1. The molecule has 9 heteroatoms. The summed E-state index contributed by atoms with van der Waals surface area (Å²) in [5.74, 6) is -1.74. The fourth-order valence-electron chi connectivity index (χ4n) is 6.08. The van der Waals surface area contributed by atoms with Crippen molar-refractivity contribution < 1.29 is 24.2 Å². The lowest BCUT2D eigenvalue weighted by Crippen LogP contribution is -2.57. The standard InChI is InChI=1S/C26H39BrN2O5S/c1-5-11-17(4)28(12-6-2)24(32)22-26-16-18(27)21(35-26)19(25(33)34-15-7-3)20(26)23(31)29(22)13-9-8-10-14-30/h6-7,17-22,30H,2-3,5,8-16H2,1,4H3/t17?,18?,19-,20-,21-,22?,26?/m0/s1. The van der Waals surface area contributed by atoms with E-state index >= 15 is 0 Å². The molecule has 0 aliphatic carbocycles. The van der Waals surface area contributed by atoms with E-state index in [-0.39, 0.29) is 47.1 Å². The first kappa shape index (κ1) is 28.3. The van der Waals surface area contributed by atoms with Crippen LogP contribution in [0.4, 0.5) is 0 Å². The van der Waals surface area contributed by atoms with Crippen molar-refractivity contribution in [3.05, 3.63) is 25.3 Å². The highest BCUT2D eigenvalue weighted by Gasteiger charge is 2.76. The Labute approximate surface area is 221 Å². The number of likely N-dealkylation sites (tertiary alicyclic amines) is 1.